The summed E-state index contributed by atoms with van der Waals surface area (Å²) in [5.74, 6) is 1.55. The molecule has 0 N–H and O–H groups in total. The zero-order valence-corrected chi connectivity index (χ0v) is 21.3. The standard InChI is InChI=1S/C30H36N2O4/c1-3-4-5-6-7-8-9-10-23-35-28-17-11-24(12-18-28)30(33)36-29-21-15-26(16-22-29)32-31-25-13-19-27(34-2)20-14-25/h11-22H,3-10,23H2,1-2H3. The second-order valence-electron chi connectivity index (χ2n) is 8.63. The largest absolute Gasteiger partial charge is 0.497 e. The Morgan fingerprint density at radius 2 is 1.14 bits per heavy atom. The van der Waals surface area contributed by atoms with Crippen LogP contribution < -0.4 is 14.2 Å². The van der Waals surface area contributed by atoms with Gasteiger partial charge in [-0.25, -0.2) is 4.79 Å². The van der Waals surface area contributed by atoms with Crippen molar-refractivity contribution in [3.05, 3.63) is 78.4 Å². The van der Waals surface area contributed by atoms with Crippen molar-refractivity contribution in [1.82, 2.24) is 0 Å². The first-order chi connectivity index (χ1) is 17.7. The van der Waals surface area contributed by atoms with E-state index < -0.39 is 5.97 Å². The Morgan fingerprint density at radius 1 is 0.639 bits per heavy atom. The molecule has 0 amide bonds. The molecule has 0 aromatic heterocycles. The van der Waals surface area contributed by atoms with Gasteiger partial charge in [-0.2, -0.15) is 10.2 Å². The lowest BCUT2D eigenvalue weighted by molar-refractivity contribution is 0.0734. The summed E-state index contributed by atoms with van der Waals surface area (Å²) in [6.45, 7) is 2.94. The number of methoxy groups -OCH3 is 1. The summed E-state index contributed by atoms with van der Waals surface area (Å²) in [5.41, 5.74) is 1.85. The molecule has 6 nitrogen and oxygen atoms in total. The topological polar surface area (TPSA) is 69.5 Å². The van der Waals surface area contributed by atoms with Gasteiger partial charge in [0.05, 0.1) is 30.7 Å². The fourth-order valence-electron chi connectivity index (χ4n) is 3.62. The minimum absolute atomic E-state index is 0.419. The van der Waals surface area contributed by atoms with Gasteiger partial charge in [0.25, 0.3) is 0 Å². The first-order valence-electron chi connectivity index (χ1n) is 12.8. The molecule has 0 bridgehead atoms. The average molecular weight is 489 g/mol. The van der Waals surface area contributed by atoms with Crippen molar-refractivity contribution in [1.29, 1.82) is 0 Å². The predicted molar refractivity (Wildman–Crippen MR) is 143 cm³/mol. The summed E-state index contributed by atoms with van der Waals surface area (Å²) in [6, 6.07) is 21.3. The minimum atomic E-state index is -0.419. The normalized spacial score (nSPS) is 10.9. The van der Waals surface area contributed by atoms with Gasteiger partial charge in [-0.1, -0.05) is 51.9 Å². The lowest BCUT2D eigenvalue weighted by Crippen LogP contribution is -2.08. The molecule has 0 aliphatic rings. The number of hydrogen-bond acceptors (Lipinski definition) is 6. The lowest BCUT2D eigenvalue weighted by Gasteiger charge is -2.08. The molecule has 36 heavy (non-hydrogen) atoms. The molecule has 6 heteroatoms. The second kappa shape index (κ2) is 15.4. The number of benzene rings is 3. The summed E-state index contributed by atoms with van der Waals surface area (Å²) >= 11 is 0. The monoisotopic (exact) mass is 488 g/mol. The number of azo groups is 1. The van der Waals surface area contributed by atoms with E-state index in [1.807, 2.05) is 36.4 Å². The number of ether oxygens (including phenoxy) is 3. The third kappa shape index (κ3) is 9.53. The number of hydrogen-bond donors (Lipinski definition) is 0. The molecule has 0 saturated heterocycles. The Bertz CT molecular complexity index is 1060. The van der Waals surface area contributed by atoms with Gasteiger partial charge in [0.1, 0.15) is 17.2 Å². The molecule has 0 spiro atoms. The molecule has 0 fully saturated rings. The summed E-state index contributed by atoms with van der Waals surface area (Å²) in [7, 11) is 1.62. The summed E-state index contributed by atoms with van der Waals surface area (Å²) in [6.07, 6.45) is 10.1. The highest BCUT2D eigenvalue weighted by Crippen LogP contribution is 2.23. The van der Waals surface area contributed by atoms with E-state index in [2.05, 4.69) is 17.2 Å². The van der Waals surface area contributed by atoms with Crippen LogP contribution in [-0.2, 0) is 0 Å². The molecule has 3 rings (SSSR count). The minimum Gasteiger partial charge on any atom is -0.497 e. The van der Waals surface area contributed by atoms with Gasteiger partial charge in [0.15, 0.2) is 0 Å². The van der Waals surface area contributed by atoms with E-state index in [1.54, 1.807) is 43.5 Å². The fraction of sp³-hybridized carbons (Fsp3) is 0.367. The molecular weight excluding hydrogens is 452 g/mol. The van der Waals surface area contributed by atoms with Crippen LogP contribution >= 0.6 is 0 Å². The highest BCUT2D eigenvalue weighted by molar-refractivity contribution is 5.91. The summed E-state index contributed by atoms with van der Waals surface area (Å²) in [4.78, 5) is 12.5. The number of carbonyl (C=O) groups excluding carboxylic acids is 1. The van der Waals surface area contributed by atoms with E-state index in [1.165, 1.54) is 44.9 Å². The van der Waals surface area contributed by atoms with Gasteiger partial charge < -0.3 is 14.2 Å². The van der Waals surface area contributed by atoms with Gasteiger partial charge in [-0.3, -0.25) is 0 Å². The van der Waals surface area contributed by atoms with Crippen molar-refractivity contribution in [3.63, 3.8) is 0 Å². The molecule has 0 heterocycles. The number of nitrogens with zero attached hydrogens (tertiary/aromatic N) is 2. The molecule has 3 aromatic carbocycles. The van der Waals surface area contributed by atoms with Gasteiger partial charge >= 0.3 is 5.97 Å². The van der Waals surface area contributed by atoms with Crippen LogP contribution in [0.4, 0.5) is 11.4 Å². The summed E-state index contributed by atoms with van der Waals surface area (Å²) in [5, 5.41) is 8.40. The molecule has 0 aliphatic carbocycles. The van der Waals surface area contributed by atoms with E-state index in [0.717, 1.165) is 23.6 Å². The van der Waals surface area contributed by atoms with Gasteiger partial charge in [-0.15, -0.1) is 0 Å². The highest BCUT2D eigenvalue weighted by Gasteiger charge is 2.09. The van der Waals surface area contributed by atoms with Crippen LogP contribution in [0.3, 0.4) is 0 Å². The van der Waals surface area contributed by atoms with Crippen LogP contribution in [0.5, 0.6) is 17.2 Å². The zero-order chi connectivity index (χ0) is 25.4. The molecule has 0 radical (unpaired) electrons. The molecule has 0 aliphatic heterocycles. The van der Waals surface area contributed by atoms with Crippen LogP contribution in [-0.4, -0.2) is 19.7 Å². The maximum Gasteiger partial charge on any atom is 0.343 e. The third-order valence-corrected chi connectivity index (χ3v) is 5.76. The number of unbranched alkanes of at least 4 members (excludes halogenated alkanes) is 7. The number of rotatable bonds is 15. The summed E-state index contributed by atoms with van der Waals surface area (Å²) < 4.78 is 16.4. The SMILES string of the molecule is CCCCCCCCCCOc1ccc(C(=O)Oc2ccc(N=Nc3ccc(OC)cc3)cc2)cc1. The first-order valence-corrected chi connectivity index (χ1v) is 12.8. The fourth-order valence-corrected chi connectivity index (χ4v) is 3.62. The van der Waals surface area contributed by atoms with Crippen LogP contribution in [0.15, 0.2) is 83.0 Å². The van der Waals surface area contributed by atoms with E-state index in [-0.39, 0.29) is 0 Å². The maximum atomic E-state index is 12.5. The average Bonchev–Trinajstić information content (AvgIpc) is 2.92. The second-order valence-corrected chi connectivity index (χ2v) is 8.63. The van der Waals surface area contributed by atoms with Crippen molar-refractivity contribution in [2.24, 2.45) is 10.2 Å². The molecule has 190 valence electrons. The molecule has 3 aromatic rings. The van der Waals surface area contributed by atoms with E-state index in [9.17, 15) is 4.79 Å². The van der Waals surface area contributed by atoms with Crippen molar-refractivity contribution in [2.45, 2.75) is 58.3 Å². The zero-order valence-electron chi connectivity index (χ0n) is 21.3. The van der Waals surface area contributed by atoms with Crippen LogP contribution in [0, 0.1) is 0 Å². The smallest absolute Gasteiger partial charge is 0.343 e. The van der Waals surface area contributed by atoms with Crippen LogP contribution in [0.25, 0.3) is 0 Å². The Labute approximate surface area is 214 Å². The van der Waals surface area contributed by atoms with Gasteiger partial charge in [-0.05, 0) is 79.2 Å². The van der Waals surface area contributed by atoms with Gasteiger partial charge in [0, 0.05) is 0 Å². The predicted octanol–water partition coefficient (Wildman–Crippen LogP) is 8.85. The Balaban J connectivity index is 1.38. The van der Waals surface area contributed by atoms with E-state index >= 15 is 0 Å². The number of carbonyl (C=O) groups is 1. The van der Waals surface area contributed by atoms with E-state index in [0.29, 0.717) is 23.6 Å². The van der Waals surface area contributed by atoms with Crippen molar-refractivity contribution in [2.75, 3.05) is 13.7 Å². The maximum absolute atomic E-state index is 12.5. The molecule has 0 saturated carbocycles. The Kier molecular flexibility index (Phi) is 11.5. The molecule has 0 unspecified atom stereocenters. The van der Waals surface area contributed by atoms with Crippen molar-refractivity contribution in [3.8, 4) is 17.2 Å². The van der Waals surface area contributed by atoms with Crippen LogP contribution in [0.2, 0.25) is 0 Å². The lowest BCUT2D eigenvalue weighted by atomic mass is 10.1. The van der Waals surface area contributed by atoms with Crippen LogP contribution in [0.1, 0.15) is 68.6 Å². The van der Waals surface area contributed by atoms with Crippen molar-refractivity contribution >= 4 is 17.3 Å². The van der Waals surface area contributed by atoms with Gasteiger partial charge in [0.2, 0.25) is 0 Å². The molecular formula is C30H36N2O4. The third-order valence-electron chi connectivity index (χ3n) is 5.76. The quantitative estimate of drug-likeness (QED) is 0.0927. The Morgan fingerprint density at radius 3 is 1.69 bits per heavy atom. The van der Waals surface area contributed by atoms with E-state index in [4.69, 9.17) is 14.2 Å². The molecule has 0 atom stereocenters. The first kappa shape index (κ1) is 26.9. The Hall–Kier alpha value is -3.67. The van der Waals surface area contributed by atoms with Crippen molar-refractivity contribution < 1.29 is 19.0 Å². The highest BCUT2D eigenvalue weighted by atomic mass is 16.5. The number of esters is 1.